The zero-order valence-corrected chi connectivity index (χ0v) is 7.99. The first kappa shape index (κ1) is 9.60. The molecule has 0 aliphatic carbocycles. The molecule has 0 aliphatic rings. The number of benzene rings is 1. The highest BCUT2D eigenvalue weighted by molar-refractivity contribution is 6.29. The van der Waals surface area contributed by atoms with Crippen LogP contribution in [-0.2, 0) is 0 Å². The van der Waals surface area contributed by atoms with Crippen molar-refractivity contribution in [3.8, 4) is 0 Å². The highest BCUT2D eigenvalue weighted by atomic mass is 35.5. The van der Waals surface area contributed by atoms with Gasteiger partial charge in [0.1, 0.15) is 5.52 Å². The van der Waals surface area contributed by atoms with Crippen LogP contribution in [0.25, 0.3) is 11.0 Å². The summed E-state index contributed by atoms with van der Waals surface area (Å²) < 4.78 is 0. The Hall–Kier alpha value is -1.95. The second-order valence-electron chi connectivity index (χ2n) is 2.79. The minimum absolute atomic E-state index is 0.0805. The molecule has 6 nitrogen and oxygen atoms in total. The maximum Gasteiger partial charge on any atom is 0.295 e. The van der Waals surface area contributed by atoms with Crippen LogP contribution in [0.5, 0.6) is 0 Å². The van der Waals surface area contributed by atoms with Gasteiger partial charge in [0, 0.05) is 6.07 Å². The summed E-state index contributed by atoms with van der Waals surface area (Å²) in [5.41, 5.74) is -0.474. The largest absolute Gasteiger partial charge is 0.312 e. The number of hydrogen-bond donors (Lipinski definition) is 1. The van der Waals surface area contributed by atoms with Crippen molar-refractivity contribution in [3.63, 3.8) is 0 Å². The molecule has 1 heterocycles. The Kier molecular flexibility index (Phi) is 2.12. The molecule has 1 N–H and O–H groups in total. The van der Waals surface area contributed by atoms with Crippen LogP contribution in [0.1, 0.15) is 0 Å². The fraction of sp³-hybridized carbons (Fsp3) is 0. The summed E-state index contributed by atoms with van der Waals surface area (Å²) in [6, 6.07) is 4.29. The molecule has 0 aliphatic heterocycles. The summed E-state index contributed by atoms with van der Waals surface area (Å²) in [4.78, 5) is 27.2. The number of nitro benzene ring substituents is 1. The number of para-hydroxylation sites is 1. The minimum atomic E-state index is -0.640. The lowest BCUT2D eigenvalue weighted by molar-refractivity contribution is -0.383. The first-order chi connectivity index (χ1) is 7.09. The van der Waals surface area contributed by atoms with Gasteiger partial charge < -0.3 is 4.98 Å². The van der Waals surface area contributed by atoms with Crippen molar-refractivity contribution < 1.29 is 4.92 Å². The van der Waals surface area contributed by atoms with Crippen LogP contribution < -0.4 is 5.56 Å². The summed E-state index contributed by atoms with van der Waals surface area (Å²) in [6.07, 6.45) is 0. The Labute approximate surface area is 87.7 Å². The molecule has 0 bridgehead atoms. The lowest BCUT2D eigenvalue weighted by atomic mass is 10.2. The summed E-state index contributed by atoms with van der Waals surface area (Å²) in [5.74, 6) is 0. The maximum absolute atomic E-state index is 11.1. The van der Waals surface area contributed by atoms with E-state index >= 15 is 0 Å². The smallest absolute Gasteiger partial charge is 0.295 e. The lowest BCUT2D eigenvalue weighted by Crippen LogP contribution is -2.09. The molecule has 1 aromatic carbocycles. The quantitative estimate of drug-likeness (QED) is 0.588. The molecular weight excluding hydrogens is 222 g/mol. The number of hydrogen-bond acceptors (Lipinski definition) is 4. The van der Waals surface area contributed by atoms with Crippen molar-refractivity contribution in [1.82, 2.24) is 9.97 Å². The normalized spacial score (nSPS) is 10.5. The van der Waals surface area contributed by atoms with Gasteiger partial charge in [-0.05, 0) is 6.07 Å². The van der Waals surface area contributed by atoms with E-state index in [4.69, 9.17) is 11.6 Å². The second kappa shape index (κ2) is 3.32. The van der Waals surface area contributed by atoms with Crippen LogP contribution in [0.3, 0.4) is 0 Å². The molecule has 0 unspecified atom stereocenters. The lowest BCUT2D eigenvalue weighted by Gasteiger charge is -1.98. The number of H-pyrrole nitrogens is 1. The van der Waals surface area contributed by atoms with Gasteiger partial charge in [-0.2, -0.15) is 0 Å². The van der Waals surface area contributed by atoms with E-state index in [2.05, 4.69) is 9.97 Å². The van der Waals surface area contributed by atoms with E-state index in [0.29, 0.717) is 0 Å². The number of nitrogens with zero attached hydrogens (tertiary/aromatic N) is 2. The Bertz CT molecular complexity index is 608. The van der Waals surface area contributed by atoms with Crippen LogP contribution in [0.4, 0.5) is 5.69 Å². The van der Waals surface area contributed by atoms with Gasteiger partial charge in [-0.15, -0.1) is 0 Å². The van der Waals surface area contributed by atoms with Crippen molar-refractivity contribution in [2.45, 2.75) is 0 Å². The summed E-state index contributed by atoms with van der Waals surface area (Å²) in [7, 11) is 0. The van der Waals surface area contributed by atoms with Gasteiger partial charge >= 0.3 is 0 Å². The monoisotopic (exact) mass is 225 g/mol. The van der Waals surface area contributed by atoms with Crippen molar-refractivity contribution in [1.29, 1.82) is 0 Å². The van der Waals surface area contributed by atoms with E-state index in [1.807, 2.05) is 0 Å². The van der Waals surface area contributed by atoms with Crippen molar-refractivity contribution in [3.05, 3.63) is 43.8 Å². The zero-order valence-electron chi connectivity index (χ0n) is 7.23. The highest BCUT2D eigenvalue weighted by Crippen LogP contribution is 2.21. The number of fused-ring (bicyclic) bond motifs is 1. The Morgan fingerprint density at radius 3 is 2.87 bits per heavy atom. The molecule has 2 rings (SSSR count). The molecule has 0 saturated carbocycles. The zero-order chi connectivity index (χ0) is 11.0. The predicted octanol–water partition coefficient (Wildman–Crippen LogP) is 1.48. The summed E-state index contributed by atoms with van der Waals surface area (Å²) >= 11 is 5.49. The number of halogens is 1. The standard InChI is InChI=1S/C8H4ClN3O3/c9-7-8(13)11-6-4(10-7)2-1-3-5(6)12(14)15/h1-3H,(H,11,13). The van der Waals surface area contributed by atoms with Gasteiger partial charge in [0.2, 0.25) is 0 Å². The molecule has 7 heteroatoms. The number of nitro groups is 1. The molecule has 76 valence electrons. The number of rotatable bonds is 1. The Morgan fingerprint density at radius 1 is 1.47 bits per heavy atom. The van der Waals surface area contributed by atoms with E-state index in [1.165, 1.54) is 18.2 Å². The molecule has 0 fully saturated rings. The molecule has 2 aromatic rings. The first-order valence-electron chi connectivity index (χ1n) is 3.92. The van der Waals surface area contributed by atoms with Crippen LogP contribution in [0.2, 0.25) is 5.15 Å². The molecule has 1 aromatic heterocycles. The van der Waals surface area contributed by atoms with Gasteiger partial charge in [0.25, 0.3) is 11.2 Å². The van der Waals surface area contributed by atoms with Crippen LogP contribution in [0, 0.1) is 10.1 Å². The van der Waals surface area contributed by atoms with Gasteiger partial charge in [-0.25, -0.2) is 4.98 Å². The van der Waals surface area contributed by atoms with E-state index in [9.17, 15) is 14.9 Å². The third-order valence-electron chi connectivity index (χ3n) is 1.86. The first-order valence-corrected chi connectivity index (χ1v) is 4.30. The Morgan fingerprint density at radius 2 is 2.20 bits per heavy atom. The van der Waals surface area contributed by atoms with E-state index in [-0.39, 0.29) is 21.9 Å². The predicted molar refractivity (Wildman–Crippen MR) is 54.0 cm³/mol. The Balaban J connectivity index is 2.92. The van der Waals surface area contributed by atoms with Crippen molar-refractivity contribution in [2.24, 2.45) is 0 Å². The SMILES string of the molecule is O=c1[nH]c2c([N+](=O)[O-])cccc2nc1Cl. The minimum Gasteiger partial charge on any atom is -0.312 e. The third kappa shape index (κ3) is 1.55. The molecule has 0 spiro atoms. The van der Waals surface area contributed by atoms with Crippen molar-refractivity contribution >= 4 is 28.3 Å². The number of non-ortho nitro benzene ring substituents is 1. The van der Waals surface area contributed by atoms with Gasteiger partial charge in [-0.3, -0.25) is 14.9 Å². The average molecular weight is 226 g/mol. The second-order valence-corrected chi connectivity index (χ2v) is 3.14. The molecule has 0 amide bonds. The summed E-state index contributed by atoms with van der Waals surface area (Å²) in [5, 5.41) is 10.4. The highest BCUT2D eigenvalue weighted by Gasteiger charge is 2.13. The van der Waals surface area contributed by atoms with Gasteiger partial charge in [-0.1, -0.05) is 17.7 Å². The van der Waals surface area contributed by atoms with E-state index in [0.717, 1.165) is 0 Å². The van der Waals surface area contributed by atoms with Crippen LogP contribution in [0.15, 0.2) is 23.0 Å². The van der Waals surface area contributed by atoms with Crippen LogP contribution >= 0.6 is 11.6 Å². The molecule has 0 radical (unpaired) electrons. The number of nitrogens with one attached hydrogen (secondary N) is 1. The molecule has 0 atom stereocenters. The number of aromatic nitrogens is 2. The number of aromatic amines is 1. The van der Waals surface area contributed by atoms with E-state index < -0.39 is 10.5 Å². The van der Waals surface area contributed by atoms with Gasteiger partial charge in [0.05, 0.1) is 10.4 Å². The van der Waals surface area contributed by atoms with Gasteiger partial charge in [0.15, 0.2) is 5.15 Å². The molecule has 0 saturated heterocycles. The van der Waals surface area contributed by atoms with Crippen molar-refractivity contribution in [2.75, 3.05) is 0 Å². The summed E-state index contributed by atoms with van der Waals surface area (Å²) in [6.45, 7) is 0. The maximum atomic E-state index is 11.1. The average Bonchev–Trinajstić information content (AvgIpc) is 2.18. The van der Waals surface area contributed by atoms with E-state index in [1.54, 1.807) is 0 Å². The fourth-order valence-electron chi connectivity index (χ4n) is 1.22. The third-order valence-corrected chi connectivity index (χ3v) is 2.12. The van der Waals surface area contributed by atoms with Crippen LogP contribution in [-0.4, -0.2) is 14.9 Å². The topological polar surface area (TPSA) is 88.9 Å². The fourth-order valence-corrected chi connectivity index (χ4v) is 1.36. The molecular formula is C8H4ClN3O3. The molecule has 15 heavy (non-hydrogen) atoms.